The second kappa shape index (κ2) is 4.29. The summed E-state index contributed by atoms with van der Waals surface area (Å²) in [5.41, 5.74) is 5.55. The highest BCUT2D eigenvalue weighted by atomic mass is 19.1. The van der Waals surface area contributed by atoms with Crippen molar-refractivity contribution in [3.63, 3.8) is 0 Å². The average Bonchev–Trinajstić information content (AvgIpc) is 2.28. The van der Waals surface area contributed by atoms with Crippen LogP contribution in [0, 0.1) is 17.0 Å². The van der Waals surface area contributed by atoms with E-state index in [1.807, 2.05) is 0 Å². The lowest BCUT2D eigenvalue weighted by molar-refractivity contribution is 0.579. The van der Waals surface area contributed by atoms with Gasteiger partial charge in [0.1, 0.15) is 17.5 Å². The Morgan fingerprint density at radius 2 is 1.82 bits per heavy atom. The molecule has 0 saturated carbocycles. The van der Waals surface area contributed by atoms with Gasteiger partial charge >= 0.3 is 0 Å². The van der Waals surface area contributed by atoms with Crippen molar-refractivity contribution in [2.24, 2.45) is 5.73 Å². The molecule has 0 aliphatic carbocycles. The molecule has 2 aromatic rings. The van der Waals surface area contributed by atoms with Gasteiger partial charge in [0.2, 0.25) is 0 Å². The quantitative estimate of drug-likeness (QED) is 0.617. The van der Waals surface area contributed by atoms with Gasteiger partial charge < -0.3 is 5.73 Å². The molecular formula is C12H9F2N3. The van der Waals surface area contributed by atoms with Crippen LogP contribution in [0.1, 0.15) is 5.56 Å². The van der Waals surface area contributed by atoms with E-state index in [9.17, 15) is 8.78 Å². The van der Waals surface area contributed by atoms with E-state index in [2.05, 4.69) is 4.98 Å². The molecular weight excluding hydrogens is 224 g/mol. The zero-order valence-electron chi connectivity index (χ0n) is 8.74. The fourth-order valence-electron chi connectivity index (χ4n) is 1.53. The molecule has 86 valence electrons. The third-order valence-corrected chi connectivity index (χ3v) is 2.31. The second-order valence-electron chi connectivity index (χ2n) is 3.47. The Morgan fingerprint density at radius 1 is 1.18 bits per heavy atom. The van der Waals surface area contributed by atoms with E-state index in [0.717, 1.165) is 12.1 Å². The molecule has 0 bridgehead atoms. The summed E-state index contributed by atoms with van der Waals surface area (Å²) < 4.78 is 27.1. The summed E-state index contributed by atoms with van der Waals surface area (Å²) in [4.78, 5) is 3.87. The van der Waals surface area contributed by atoms with Crippen LogP contribution in [0.4, 0.5) is 8.78 Å². The van der Waals surface area contributed by atoms with Crippen LogP contribution in [0.5, 0.6) is 0 Å². The van der Waals surface area contributed by atoms with E-state index in [1.54, 1.807) is 18.3 Å². The first-order valence-electron chi connectivity index (χ1n) is 4.83. The minimum absolute atomic E-state index is 0.359. The van der Waals surface area contributed by atoms with E-state index < -0.39 is 23.0 Å². The maximum atomic E-state index is 13.6. The van der Waals surface area contributed by atoms with Crippen molar-refractivity contribution in [1.29, 1.82) is 5.41 Å². The van der Waals surface area contributed by atoms with Crippen molar-refractivity contribution in [2.45, 2.75) is 0 Å². The van der Waals surface area contributed by atoms with Crippen molar-refractivity contribution >= 4 is 5.84 Å². The zero-order chi connectivity index (χ0) is 12.4. The number of nitrogens with zero attached hydrogens (tertiary/aromatic N) is 1. The van der Waals surface area contributed by atoms with Crippen LogP contribution < -0.4 is 5.73 Å². The molecule has 0 aliphatic heterocycles. The highest BCUT2D eigenvalue weighted by Crippen LogP contribution is 2.23. The molecule has 1 heterocycles. The molecule has 0 aliphatic rings. The number of pyridine rings is 1. The third kappa shape index (κ3) is 2.13. The lowest BCUT2D eigenvalue weighted by Gasteiger charge is -2.06. The highest BCUT2D eigenvalue weighted by molar-refractivity contribution is 5.96. The van der Waals surface area contributed by atoms with Crippen LogP contribution in [0.15, 0.2) is 36.7 Å². The maximum absolute atomic E-state index is 13.6. The lowest BCUT2D eigenvalue weighted by Crippen LogP contribution is -2.15. The number of hydrogen-bond acceptors (Lipinski definition) is 2. The second-order valence-corrected chi connectivity index (χ2v) is 3.47. The largest absolute Gasteiger partial charge is 0.384 e. The van der Waals surface area contributed by atoms with Crippen molar-refractivity contribution in [1.82, 2.24) is 4.98 Å². The molecule has 0 fully saturated rings. The molecule has 1 aromatic carbocycles. The summed E-state index contributed by atoms with van der Waals surface area (Å²) in [6, 6.07) is 5.63. The van der Waals surface area contributed by atoms with E-state index in [1.165, 1.54) is 6.20 Å². The number of aromatic nitrogens is 1. The van der Waals surface area contributed by atoms with Crippen molar-refractivity contribution < 1.29 is 8.78 Å². The van der Waals surface area contributed by atoms with Gasteiger partial charge in [-0.2, -0.15) is 0 Å². The Bertz CT molecular complexity index is 544. The van der Waals surface area contributed by atoms with E-state index in [4.69, 9.17) is 11.1 Å². The van der Waals surface area contributed by atoms with Crippen LogP contribution in [0.25, 0.3) is 11.1 Å². The molecule has 2 rings (SSSR count). The van der Waals surface area contributed by atoms with Crippen molar-refractivity contribution in [3.05, 3.63) is 53.9 Å². The van der Waals surface area contributed by atoms with Gasteiger partial charge in [-0.15, -0.1) is 0 Å². The molecule has 0 spiro atoms. The minimum atomic E-state index is -0.851. The third-order valence-electron chi connectivity index (χ3n) is 2.31. The molecule has 0 saturated heterocycles. The number of halogens is 2. The van der Waals surface area contributed by atoms with Gasteiger partial charge in [0.15, 0.2) is 0 Å². The SMILES string of the molecule is N=C(N)c1c(F)cc(-c2cccnc2)cc1F. The standard InChI is InChI=1S/C12H9F2N3/c13-9-4-8(7-2-1-3-17-6-7)5-10(14)11(9)12(15)16/h1-6H,(H3,15,16). The number of rotatable bonds is 2. The predicted molar refractivity (Wildman–Crippen MR) is 60.6 cm³/mol. The maximum Gasteiger partial charge on any atom is 0.137 e. The average molecular weight is 233 g/mol. The van der Waals surface area contributed by atoms with Crippen LogP contribution in [-0.2, 0) is 0 Å². The molecule has 3 N–H and O–H groups in total. The Morgan fingerprint density at radius 3 is 2.29 bits per heavy atom. The monoisotopic (exact) mass is 233 g/mol. The summed E-state index contributed by atoms with van der Waals surface area (Å²) in [5, 5.41) is 7.08. The molecule has 3 nitrogen and oxygen atoms in total. The minimum Gasteiger partial charge on any atom is -0.384 e. The summed E-state index contributed by atoms with van der Waals surface area (Å²) in [5.74, 6) is -2.33. The smallest absolute Gasteiger partial charge is 0.137 e. The van der Waals surface area contributed by atoms with Gasteiger partial charge in [-0.25, -0.2) is 8.78 Å². The summed E-state index contributed by atoms with van der Waals surface area (Å²) in [6.07, 6.45) is 3.07. The van der Waals surface area contributed by atoms with E-state index >= 15 is 0 Å². The van der Waals surface area contributed by atoms with Crippen LogP contribution in [0.3, 0.4) is 0 Å². The first kappa shape index (κ1) is 11.2. The van der Waals surface area contributed by atoms with Gasteiger partial charge in [-0.1, -0.05) is 6.07 Å². The Hall–Kier alpha value is -2.30. The number of nitrogens with one attached hydrogen (secondary N) is 1. The zero-order valence-corrected chi connectivity index (χ0v) is 8.74. The fourth-order valence-corrected chi connectivity index (χ4v) is 1.53. The topological polar surface area (TPSA) is 62.8 Å². The molecule has 17 heavy (non-hydrogen) atoms. The van der Waals surface area contributed by atoms with Gasteiger partial charge in [-0.05, 0) is 23.8 Å². The fraction of sp³-hybridized carbons (Fsp3) is 0. The molecule has 5 heteroatoms. The number of hydrogen-bond donors (Lipinski definition) is 2. The summed E-state index contributed by atoms with van der Waals surface area (Å²) >= 11 is 0. The Balaban J connectivity index is 2.57. The first-order valence-corrected chi connectivity index (χ1v) is 4.83. The number of amidine groups is 1. The summed E-state index contributed by atoms with van der Waals surface area (Å²) in [6.45, 7) is 0. The molecule has 0 amide bonds. The molecule has 0 unspecified atom stereocenters. The lowest BCUT2D eigenvalue weighted by atomic mass is 10.0. The Kier molecular flexibility index (Phi) is 2.82. The number of benzene rings is 1. The van der Waals surface area contributed by atoms with Gasteiger partial charge in [0.05, 0.1) is 5.56 Å². The van der Waals surface area contributed by atoms with Crippen LogP contribution >= 0.6 is 0 Å². The summed E-state index contributed by atoms with van der Waals surface area (Å²) in [7, 11) is 0. The van der Waals surface area contributed by atoms with Crippen molar-refractivity contribution in [3.8, 4) is 11.1 Å². The van der Waals surface area contributed by atoms with E-state index in [-0.39, 0.29) is 0 Å². The Labute approximate surface area is 96.4 Å². The van der Waals surface area contributed by atoms with Crippen molar-refractivity contribution in [2.75, 3.05) is 0 Å². The molecule has 0 atom stereocenters. The molecule has 1 aromatic heterocycles. The predicted octanol–water partition coefficient (Wildman–Crippen LogP) is 2.31. The highest BCUT2D eigenvalue weighted by Gasteiger charge is 2.14. The normalized spacial score (nSPS) is 10.2. The number of nitrogen functional groups attached to an aromatic ring is 1. The molecule has 0 radical (unpaired) electrons. The van der Waals surface area contributed by atoms with E-state index in [0.29, 0.717) is 11.1 Å². The van der Waals surface area contributed by atoms with Gasteiger partial charge in [-0.3, -0.25) is 10.4 Å². The van der Waals surface area contributed by atoms with Gasteiger partial charge in [0, 0.05) is 18.0 Å². The van der Waals surface area contributed by atoms with Crippen LogP contribution in [-0.4, -0.2) is 10.8 Å². The number of nitrogens with two attached hydrogens (primary N) is 1. The van der Waals surface area contributed by atoms with Crippen LogP contribution in [0.2, 0.25) is 0 Å². The first-order chi connectivity index (χ1) is 8.09. The van der Waals surface area contributed by atoms with Gasteiger partial charge in [0.25, 0.3) is 0 Å².